The third-order valence-corrected chi connectivity index (χ3v) is 6.17. The largest absolute Gasteiger partial charge is 0.483 e. The molecule has 178 valence electrons. The van der Waals surface area contributed by atoms with Crippen LogP contribution in [-0.2, 0) is 4.79 Å². The van der Waals surface area contributed by atoms with Crippen molar-refractivity contribution in [2.75, 3.05) is 43.0 Å². The molecule has 7 heteroatoms. The summed E-state index contributed by atoms with van der Waals surface area (Å²) in [5, 5.41) is 3.80. The quantitative estimate of drug-likeness (QED) is 0.442. The number of hydrogen-bond acceptors (Lipinski definition) is 5. The van der Waals surface area contributed by atoms with E-state index >= 15 is 0 Å². The number of fused-ring (bicyclic) bond motifs is 1. The first-order valence-corrected chi connectivity index (χ1v) is 11.7. The maximum Gasteiger partial charge on any atom is 0.289 e. The highest BCUT2D eigenvalue weighted by Crippen LogP contribution is 2.23. The summed E-state index contributed by atoms with van der Waals surface area (Å²) in [5.41, 5.74) is 3.48. The van der Waals surface area contributed by atoms with Crippen LogP contribution in [0, 0.1) is 6.92 Å². The van der Waals surface area contributed by atoms with Crippen LogP contribution in [-0.4, -0.2) is 49.5 Å². The molecule has 0 atom stereocenters. The van der Waals surface area contributed by atoms with Gasteiger partial charge < -0.3 is 24.3 Å². The molecular weight excluding hydrogens is 442 g/mol. The second-order valence-corrected chi connectivity index (χ2v) is 8.58. The Kier molecular flexibility index (Phi) is 6.39. The van der Waals surface area contributed by atoms with Crippen molar-refractivity contribution in [3.05, 3.63) is 90.2 Å². The van der Waals surface area contributed by atoms with Gasteiger partial charge in [-0.05, 0) is 55.0 Å². The number of anilines is 2. The van der Waals surface area contributed by atoms with Crippen LogP contribution >= 0.6 is 0 Å². The molecule has 1 aliphatic heterocycles. The minimum Gasteiger partial charge on any atom is -0.483 e. The SMILES string of the molecule is Cc1ccccc1OCC(=O)Nc1ccc(N2CCN(C(=O)c3cc4ccccc4o3)CC2)cc1. The molecule has 1 aliphatic rings. The van der Waals surface area contributed by atoms with Crippen LogP contribution in [0.15, 0.2) is 83.3 Å². The fourth-order valence-electron chi connectivity index (χ4n) is 4.23. The van der Waals surface area contributed by atoms with Crippen LogP contribution in [0.25, 0.3) is 11.0 Å². The molecule has 0 spiro atoms. The number of nitrogens with zero attached hydrogens (tertiary/aromatic N) is 2. The van der Waals surface area contributed by atoms with Crippen molar-refractivity contribution in [3.8, 4) is 5.75 Å². The molecule has 1 fully saturated rings. The Morgan fingerprint density at radius 2 is 1.63 bits per heavy atom. The molecule has 3 aromatic carbocycles. The number of para-hydroxylation sites is 2. The van der Waals surface area contributed by atoms with Crippen molar-refractivity contribution in [2.24, 2.45) is 0 Å². The highest BCUT2D eigenvalue weighted by molar-refractivity contribution is 5.96. The molecule has 0 unspecified atom stereocenters. The first kappa shape index (κ1) is 22.5. The van der Waals surface area contributed by atoms with Crippen molar-refractivity contribution < 1.29 is 18.7 Å². The third-order valence-electron chi connectivity index (χ3n) is 6.17. The van der Waals surface area contributed by atoms with Gasteiger partial charge in [-0.1, -0.05) is 36.4 Å². The smallest absolute Gasteiger partial charge is 0.289 e. The Morgan fingerprint density at radius 1 is 0.914 bits per heavy atom. The number of piperazine rings is 1. The summed E-state index contributed by atoms with van der Waals surface area (Å²) in [6.07, 6.45) is 0. The minimum absolute atomic E-state index is 0.0478. The molecule has 2 amide bonds. The Bertz CT molecular complexity index is 1300. The van der Waals surface area contributed by atoms with Crippen LogP contribution in [0.5, 0.6) is 5.75 Å². The average Bonchev–Trinajstić information content (AvgIpc) is 3.33. The summed E-state index contributed by atoms with van der Waals surface area (Å²) < 4.78 is 11.3. The summed E-state index contributed by atoms with van der Waals surface area (Å²) in [4.78, 5) is 29.2. The van der Waals surface area contributed by atoms with Crippen molar-refractivity contribution in [3.63, 3.8) is 0 Å². The van der Waals surface area contributed by atoms with Crippen molar-refractivity contribution in [1.82, 2.24) is 4.90 Å². The number of carbonyl (C=O) groups is 2. The topological polar surface area (TPSA) is 75.0 Å². The van der Waals surface area contributed by atoms with Gasteiger partial charge in [0, 0.05) is 42.9 Å². The molecule has 5 rings (SSSR count). The minimum atomic E-state index is -0.210. The van der Waals surface area contributed by atoms with Gasteiger partial charge in [0.15, 0.2) is 12.4 Å². The molecule has 35 heavy (non-hydrogen) atoms. The standard InChI is InChI=1S/C28H27N3O4/c1-20-6-2-4-8-24(20)34-19-27(32)29-22-10-12-23(13-11-22)30-14-16-31(17-15-30)28(33)26-18-21-7-3-5-9-25(21)35-26/h2-13,18H,14-17,19H2,1H3,(H,29,32). The van der Waals surface area contributed by atoms with Gasteiger partial charge in [-0.2, -0.15) is 0 Å². The number of ether oxygens (including phenoxy) is 1. The predicted molar refractivity (Wildman–Crippen MR) is 136 cm³/mol. The number of benzene rings is 3. The Hall–Kier alpha value is -4.26. The molecule has 0 saturated carbocycles. The van der Waals surface area contributed by atoms with Crippen molar-refractivity contribution >= 4 is 34.2 Å². The fourth-order valence-corrected chi connectivity index (χ4v) is 4.23. The van der Waals surface area contributed by atoms with E-state index in [1.807, 2.05) is 90.7 Å². The lowest BCUT2D eigenvalue weighted by Crippen LogP contribution is -2.48. The summed E-state index contributed by atoms with van der Waals surface area (Å²) in [5.74, 6) is 0.799. The number of aryl methyl sites for hydroxylation is 1. The monoisotopic (exact) mass is 469 g/mol. The number of furan rings is 1. The second-order valence-electron chi connectivity index (χ2n) is 8.58. The highest BCUT2D eigenvalue weighted by atomic mass is 16.5. The number of nitrogens with one attached hydrogen (secondary N) is 1. The normalized spacial score (nSPS) is 13.6. The van der Waals surface area contributed by atoms with Gasteiger partial charge in [0.1, 0.15) is 11.3 Å². The van der Waals surface area contributed by atoms with E-state index in [1.165, 1.54) is 0 Å². The number of amides is 2. The maximum absolute atomic E-state index is 12.9. The zero-order valence-corrected chi connectivity index (χ0v) is 19.6. The van der Waals surface area contributed by atoms with E-state index in [1.54, 1.807) is 0 Å². The van der Waals surface area contributed by atoms with Crippen LogP contribution in [0.2, 0.25) is 0 Å². The van der Waals surface area contributed by atoms with E-state index < -0.39 is 0 Å². The lowest BCUT2D eigenvalue weighted by Gasteiger charge is -2.35. The van der Waals surface area contributed by atoms with Gasteiger partial charge in [0.05, 0.1) is 0 Å². The molecule has 0 radical (unpaired) electrons. The Labute approximate surface area is 203 Å². The van der Waals surface area contributed by atoms with E-state index in [0.29, 0.717) is 30.3 Å². The lowest BCUT2D eigenvalue weighted by atomic mass is 10.2. The van der Waals surface area contributed by atoms with Gasteiger partial charge >= 0.3 is 0 Å². The van der Waals surface area contributed by atoms with Gasteiger partial charge in [-0.15, -0.1) is 0 Å². The van der Waals surface area contributed by atoms with E-state index in [0.717, 1.165) is 35.3 Å². The van der Waals surface area contributed by atoms with Crippen LogP contribution < -0.4 is 15.0 Å². The summed E-state index contributed by atoms with van der Waals surface area (Å²) in [7, 11) is 0. The molecule has 4 aromatic rings. The molecular formula is C28H27N3O4. The van der Waals surface area contributed by atoms with Crippen molar-refractivity contribution in [1.29, 1.82) is 0 Å². The van der Waals surface area contributed by atoms with Gasteiger partial charge in [-0.25, -0.2) is 0 Å². The van der Waals surface area contributed by atoms with Crippen molar-refractivity contribution in [2.45, 2.75) is 6.92 Å². The van der Waals surface area contributed by atoms with Crippen LogP contribution in [0.4, 0.5) is 11.4 Å². The molecule has 0 aliphatic carbocycles. The molecule has 1 saturated heterocycles. The van der Waals surface area contributed by atoms with Crippen LogP contribution in [0.3, 0.4) is 0 Å². The first-order chi connectivity index (χ1) is 17.1. The molecule has 7 nitrogen and oxygen atoms in total. The second kappa shape index (κ2) is 9.93. The van der Waals surface area contributed by atoms with Gasteiger partial charge in [0.25, 0.3) is 11.8 Å². The van der Waals surface area contributed by atoms with Gasteiger partial charge in [0.2, 0.25) is 0 Å². The summed E-state index contributed by atoms with van der Waals surface area (Å²) in [6, 6.07) is 24.8. The average molecular weight is 470 g/mol. The fraction of sp³-hybridized carbons (Fsp3) is 0.214. The predicted octanol–water partition coefficient (Wildman–Crippen LogP) is 4.72. The zero-order chi connectivity index (χ0) is 24.2. The van der Waals surface area contributed by atoms with E-state index in [2.05, 4.69) is 10.2 Å². The Morgan fingerprint density at radius 3 is 2.37 bits per heavy atom. The van der Waals surface area contributed by atoms with E-state index in [-0.39, 0.29) is 18.4 Å². The Balaban J connectivity index is 1.12. The first-order valence-electron chi connectivity index (χ1n) is 11.7. The molecule has 1 N–H and O–H groups in total. The summed E-state index contributed by atoms with van der Waals surface area (Å²) >= 11 is 0. The highest BCUT2D eigenvalue weighted by Gasteiger charge is 2.24. The number of rotatable bonds is 6. The lowest BCUT2D eigenvalue weighted by molar-refractivity contribution is -0.118. The molecule has 0 bridgehead atoms. The van der Waals surface area contributed by atoms with E-state index in [4.69, 9.17) is 9.15 Å². The van der Waals surface area contributed by atoms with Gasteiger partial charge in [-0.3, -0.25) is 9.59 Å². The molecule has 2 heterocycles. The zero-order valence-electron chi connectivity index (χ0n) is 19.6. The molecule has 1 aromatic heterocycles. The maximum atomic E-state index is 12.9. The number of carbonyl (C=O) groups excluding carboxylic acids is 2. The van der Waals surface area contributed by atoms with Crippen LogP contribution in [0.1, 0.15) is 16.1 Å². The third kappa shape index (κ3) is 5.14. The summed E-state index contributed by atoms with van der Waals surface area (Å²) in [6.45, 7) is 4.58. The number of hydrogen-bond donors (Lipinski definition) is 1. The van der Waals surface area contributed by atoms with E-state index in [9.17, 15) is 9.59 Å².